The highest BCUT2D eigenvalue weighted by Crippen LogP contribution is 2.30. The van der Waals surface area contributed by atoms with Crippen LogP contribution in [0.15, 0.2) is 35.1 Å². The number of anilines is 1. The quantitative estimate of drug-likeness (QED) is 0.847. The van der Waals surface area contributed by atoms with Crippen LogP contribution in [0.1, 0.15) is 0 Å². The van der Waals surface area contributed by atoms with Crippen LogP contribution in [0.3, 0.4) is 0 Å². The van der Waals surface area contributed by atoms with Gasteiger partial charge in [-0.3, -0.25) is 0 Å². The van der Waals surface area contributed by atoms with E-state index in [1.54, 1.807) is 10.9 Å². The van der Waals surface area contributed by atoms with Crippen LogP contribution in [0.4, 0.5) is 5.82 Å². The molecular formula is C10H10BrN3. The van der Waals surface area contributed by atoms with Gasteiger partial charge >= 0.3 is 0 Å². The molecule has 0 saturated heterocycles. The van der Waals surface area contributed by atoms with E-state index < -0.39 is 0 Å². The fourth-order valence-corrected chi connectivity index (χ4v) is 1.77. The molecule has 0 aliphatic carbocycles. The lowest BCUT2D eigenvalue weighted by Gasteiger charge is -2.02. The molecule has 0 aliphatic rings. The van der Waals surface area contributed by atoms with Crippen molar-refractivity contribution >= 4 is 21.7 Å². The van der Waals surface area contributed by atoms with Crippen molar-refractivity contribution in [3.8, 4) is 11.3 Å². The molecule has 2 rings (SSSR count). The first kappa shape index (κ1) is 9.27. The van der Waals surface area contributed by atoms with Gasteiger partial charge in [0.05, 0.1) is 6.33 Å². The fourth-order valence-electron chi connectivity index (χ4n) is 1.30. The van der Waals surface area contributed by atoms with Gasteiger partial charge in [-0.15, -0.1) is 0 Å². The summed E-state index contributed by atoms with van der Waals surface area (Å²) in [5.74, 6) is 0.678. The van der Waals surface area contributed by atoms with E-state index in [2.05, 4.69) is 20.9 Å². The molecule has 72 valence electrons. The molecule has 1 aromatic heterocycles. The number of halogens is 1. The summed E-state index contributed by atoms with van der Waals surface area (Å²) in [6.07, 6.45) is 1.71. The predicted octanol–water partition coefficient (Wildman–Crippen LogP) is 2.43. The molecule has 0 bridgehead atoms. The Hall–Kier alpha value is -1.29. The van der Waals surface area contributed by atoms with Crippen molar-refractivity contribution in [1.82, 2.24) is 9.55 Å². The number of hydrogen-bond donors (Lipinski definition) is 1. The van der Waals surface area contributed by atoms with E-state index in [0.29, 0.717) is 5.82 Å². The van der Waals surface area contributed by atoms with E-state index in [4.69, 9.17) is 5.73 Å². The molecule has 2 N–H and O–H groups in total. The normalized spacial score (nSPS) is 10.4. The predicted molar refractivity (Wildman–Crippen MR) is 60.8 cm³/mol. The lowest BCUT2D eigenvalue weighted by molar-refractivity contribution is 0.925. The first-order chi connectivity index (χ1) is 6.70. The Bertz CT molecular complexity index is 462. The smallest absolute Gasteiger partial charge is 0.131 e. The van der Waals surface area contributed by atoms with Gasteiger partial charge in [0.25, 0.3) is 0 Å². The second kappa shape index (κ2) is 3.46. The Labute approximate surface area is 90.7 Å². The van der Waals surface area contributed by atoms with Crippen molar-refractivity contribution in [2.45, 2.75) is 0 Å². The number of rotatable bonds is 1. The van der Waals surface area contributed by atoms with E-state index in [-0.39, 0.29) is 0 Å². The average Bonchev–Trinajstić information content (AvgIpc) is 2.49. The number of nitrogens with two attached hydrogens (primary N) is 1. The molecule has 14 heavy (non-hydrogen) atoms. The summed E-state index contributed by atoms with van der Waals surface area (Å²) < 4.78 is 2.81. The largest absolute Gasteiger partial charge is 0.383 e. The molecule has 0 unspecified atom stereocenters. The minimum Gasteiger partial charge on any atom is -0.383 e. The van der Waals surface area contributed by atoms with E-state index >= 15 is 0 Å². The molecule has 0 aliphatic heterocycles. The third kappa shape index (κ3) is 1.42. The second-order valence-electron chi connectivity index (χ2n) is 3.07. The van der Waals surface area contributed by atoms with Gasteiger partial charge in [-0.1, -0.05) is 34.1 Å². The number of nitrogen functional groups attached to an aromatic ring is 1. The van der Waals surface area contributed by atoms with Crippen molar-refractivity contribution in [3.63, 3.8) is 0 Å². The van der Waals surface area contributed by atoms with Gasteiger partial charge < -0.3 is 10.3 Å². The number of aromatic nitrogens is 2. The first-order valence-corrected chi connectivity index (χ1v) is 5.01. The number of aryl methyl sites for hydroxylation is 1. The molecule has 2 aromatic rings. The van der Waals surface area contributed by atoms with Crippen molar-refractivity contribution in [3.05, 3.63) is 35.1 Å². The summed E-state index contributed by atoms with van der Waals surface area (Å²) in [7, 11) is 1.88. The monoisotopic (exact) mass is 251 g/mol. The molecule has 0 saturated carbocycles. The Morgan fingerprint density at radius 2 is 2.07 bits per heavy atom. The van der Waals surface area contributed by atoms with E-state index in [1.165, 1.54) is 0 Å². The Kier molecular flexibility index (Phi) is 2.29. The summed E-state index contributed by atoms with van der Waals surface area (Å²) in [6.45, 7) is 0. The molecule has 0 radical (unpaired) electrons. The molecule has 4 heteroatoms. The van der Waals surface area contributed by atoms with Gasteiger partial charge in [0, 0.05) is 17.1 Å². The van der Waals surface area contributed by atoms with E-state index in [9.17, 15) is 0 Å². The topological polar surface area (TPSA) is 43.8 Å². The third-order valence-electron chi connectivity index (χ3n) is 2.11. The van der Waals surface area contributed by atoms with Gasteiger partial charge in [-0.25, -0.2) is 4.98 Å². The van der Waals surface area contributed by atoms with Crippen LogP contribution in [0.5, 0.6) is 0 Å². The van der Waals surface area contributed by atoms with Gasteiger partial charge in [-0.05, 0) is 6.07 Å². The number of nitrogens with zero attached hydrogens (tertiary/aromatic N) is 2. The van der Waals surface area contributed by atoms with Crippen molar-refractivity contribution in [2.75, 3.05) is 5.73 Å². The highest BCUT2D eigenvalue weighted by Gasteiger charge is 2.09. The summed E-state index contributed by atoms with van der Waals surface area (Å²) in [4.78, 5) is 4.25. The van der Waals surface area contributed by atoms with Crippen molar-refractivity contribution < 1.29 is 0 Å². The second-order valence-corrected chi connectivity index (χ2v) is 3.92. The molecular weight excluding hydrogens is 242 g/mol. The third-order valence-corrected chi connectivity index (χ3v) is 2.80. The van der Waals surface area contributed by atoms with Gasteiger partial charge in [-0.2, -0.15) is 0 Å². The summed E-state index contributed by atoms with van der Waals surface area (Å²) in [5.41, 5.74) is 7.72. The average molecular weight is 252 g/mol. The standard InChI is InChI=1S/C10H10BrN3/c1-14-6-13-9(10(14)12)7-4-2-3-5-8(7)11/h2-6H,12H2,1H3. The van der Waals surface area contributed by atoms with Crippen molar-refractivity contribution in [1.29, 1.82) is 0 Å². The van der Waals surface area contributed by atoms with E-state index in [0.717, 1.165) is 15.7 Å². The molecule has 1 heterocycles. The van der Waals surface area contributed by atoms with Gasteiger partial charge in [0.1, 0.15) is 11.5 Å². The zero-order chi connectivity index (χ0) is 10.1. The minimum absolute atomic E-state index is 0.678. The maximum Gasteiger partial charge on any atom is 0.131 e. The minimum atomic E-state index is 0.678. The Morgan fingerprint density at radius 1 is 1.36 bits per heavy atom. The summed E-state index contributed by atoms with van der Waals surface area (Å²) in [5, 5.41) is 0. The highest BCUT2D eigenvalue weighted by atomic mass is 79.9. The molecule has 3 nitrogen and oxygen atoms in total. The lowest BCUT2D eigenvalue weighted by atomic mass is 10.1. The number of imidazole rings is 1. The number of benzene rings is 1. The Balaban J connectivity index is 2.60. The SMILES string of the molecule is Cn1cnc(-c2ccccc2Br)c1N. The van der Waals surface area contributed by atoms with Crippen LogP contribution in [0.25, 0.3) is 11.3 Å². The maximum atomic E-state index is 5.88. The summed E-state index contributed by atoms with van der Waals surface area (Å²) in [6, 6.07) is 7.90. The first-order valence-electron chi connectivity index (χ1n) is 4.22. The highest BCUT2D eigenvalue weighted by molar-refractivity contribution is 9.10. The molecule has 1 aromatic carbocycles. The zero-order valence-electron chi connectivity index (χ0n) is 7.74. The van der Waals surface area contributed by atoms with Crippen LogP contribution in [-0.4, -0.2) is 9.55 Å². The number of hydrogen-bond acceptors (Lipinski definition) is 2. The molecule has 0 atom stereocenters. The lowest BCUT2D eigenvalue weighted by Crippen LogP contribution is -1.95. The molecule has 0 spiro atoms. The van der Waals surface area contributed by atoms with Gasteiger partial charge in [0.15, 0.2) is 0 Å². The zero-order valence-corrected chi connectivity index (χ0v) is 9.32. The van der Waals surface area contributed by atoms with Crippen LogP contribution in [0.2, 0.25) is 0 Å². The van der Waals surface area contributed by atoms with Crippen molar-refractivity contribution in [2.24, 2.45) is 7.05 Å². The van der Waals surface area contributed by atoms with Crippen LogP contribution >= 0.6 is 15.9 Å². The Morgan fingerprint density at radius 3 is 2.64 bits per heavy atom. The van der Waals surface area contributed by atoms with Crippen LogP contribution in [0, 0.1) is 0 Å². The van der Waals surface area contributed by atoms with E-state index in [1.807, 2.05) is 31.3 Å². The van der Waals surface area contributed by atoms with Crippen LogP contribution in [-0.2, 0) is 7.05 Å². The maximum absolute atomic E-state index is 5.88. The van der Waals surface area contributed by atoms with Gasteiger partial charge in [0.2, 0.25) is 0 Å². The van der Waals surface area contributed by atoms with Crippen LogP contribution < -0.4 is 5.73 Å². The molecule has 0 amide bonds. The molecule has 0 fully saturated rings. The summed E-state index contributed by atoms with van der Waals surface area (Å²) >= 11 is 3.47. The fraction of sp³-hybridized carbons (Fsp3) is 0.100.